The molecule has 9 atom stereocenters. The van der Waals surface area contributed by atoms with Crippen molar-refractivity contribution < 1.29 is 245 Å². The monoisotopic (exact) mass is 1980 g/mol. The highest BCUT2D eigenvalue weighted by Gasteiger charge is 2.63. The van der Waals surface area contributed by atoms with Gasteiger partial charge in [0.1, 0.15) is 31.0 Å². The Labute approximate surface area is 718 Å². The number of hydrogen-bond donors (Lipinski definition) is 0. The number of alkyl halides is 14. The number of halogens is 14. The molecule has 0 bridgehead atoms. The molecule has 0 aliphatic heterocycles. The Morgan fingerprint density at radius 2 is 0.516 bits per heavy atom. The molecule has 746 valence electrons. The third-order valence-electron chi connectivity index (χ3n) is 16.0. The van der Waals surface area contributed by atoms with E-state index < -0.39 is 264 Å². The summed E-state index contributed by atoms with van der Waals surface area (Å²) < 4.78 is 412. The van der Waals surface area contributed by atoms with Crippen LogP contribution in [0.4, 0.5) is 61.5 Å². The molecule has 0 aliphatic carbocycles. The van der Waals surface area contributed by atoms with Gasteiger partial charge in [-0.3, -0.25) is 24.0 Å². The van der Waals surface area contributed by atoms with Crippen LogP contribution >= 0.6 is 0 Å². The van der Waals surface area contributed by atoms with Crippen LogP contribution in [0.15, 0.2) is 0 Å². The first-order chi connectivity index (χ1) is 55.6. The average molecular weight is 1980 g/mol. The first-order valence-electron chi connectivity index (χ1n) is 36.2. The average Bonchev–Trinajstić information content (AvgIpc) is 0.777. The standard InChI is InChI=1S/C17H28F4O8S.C14H24F2O8S.C13H20F4O8S.C12H20F2O8S.C11H18F2O8S/c1-8-14(5,6)11(22)29-15(7,12(23)28-13(2,3)4)27-10-9-16(18,19)17(20,21)30(24,25)26;1-7-9(2)10(17)23-13(6,11(18)24-12(3,4)5)22-8-14(15,16)25(19,20)21;1-5-8(2)9(18)25-11(3,10(19)23-4)24-7-6-12(14,15)13(16,17)26(20,21)22;1-5-8(3)9(15)22-11(4,10(16)20-6-2)21-7-12(13,14)23(17,18)19;1-5-7(2)8(14)21-10(3,9(15)19-4)20-6-11(12,13)22(16,17)18/h8-10H2,1-7H3,(H,24,25,26);9H,7-8H2,1-6H3,(H,19,20,21);8H,5-7H2,1-4H3,(H,20,21,22);8H,5-7H2,1-4H3,(H,17,18,19);7H,5-6H2,1-4H3,(H,16,17,18)/p-5. The van der Waals surface area contributed by atoms with Crippen molar-refractivity contribution in [3.05, 3.63) is 0 Å². The molecule has 0 amide bonds. The summed E-state index contributed by atoms with van der Waals surface area (Å²) in [4.78, 5) is 119. The molecular weight excluding hydrogens is 1870 g/mol. The number of rotatable bonds is 45. The van der Waals surface area contributed by atoms with E-state index in [4.69, 9.17) is 33.2 Å². The van der Waals surface area contributed by atoms with Crippen molar-refractivity contribution in [1.82, 2.24) is 0 Å². The Bertz CT molecular complexity index is 4240. The number of ether oxygens (including phenoxy) is 15. The topological polar surface area (TPSA) is 595 Å². The fourth-order valence-electron chi connectivity index (χ4n) is 6.61. The molecule has 0 aromatic rings. The van der Waals surface area contributed by atoms with E-state index in [1.54, 1.807) is 34.6 Å². The lowest BCUT2D eigenvalue weighted by Crippen LogP contribution is -2.51. The zero-order valence-electron chi connectivity index (χ0n) is 72.7. The van der Waals surface area contributed by atoms with Crippen LogP contribution in [0.3, 0.4) is 0 Å². The van der Waals surface area contributed by atoms with E-state index in [1.165, 1.54) is 90.0 Å². The number of esters is 10. The van der Waals surface area contributed by atoms with E-state index in [2.05, 4.69) is 37.9 Å². The van der Waals surface area contributed by atoms with Crippen molar-refractivity contribution in [3.63, 3.8) is 0 Å². The van der Waals surface area contributed by atoms with Crippen molar-refractivity contribution >= 4 is 110 Å². The second-order valence-corrected chi connectivity index (χ2v) is 37.0. The molecular formula is C67H105F14O40S5-5. The van der Waals surface area contributed by atoms with E-state index in [0.29, 0.717) is 25.7 Å². The molecule has 0 aliphatic rings. The van der Waals surface area contributed by atoms with Gasteiger partial charge in [-0.05, 0) is 94.4 Å². The maximum Gasteiger partial charge on any atom is 0.396 e. The first-order valence-corrected chi connectivity index (χ1v) is 43.2. The van der Waals surface area contributed by atoms with Crippen molar-refractivity contribution in [1.29, 1.82) is 0 Å². The van der Waals surface area contributed by atoms with Crippen LogP contribution in [0.1, 0.15) is 204 Å². The second-order valence-electron chi connectivity index (χ2n) is 29.7. The summed E-state index contributed by atoms with van der Waals surface area (Å²) in [5, 5.41) is -26.2. The fourth-order valence-corrected chi connectivity index (χ4v) is 8.15. The van der Waals surface area contributed by atoms with Crippen LogP contribution < -0.4 is 0 Å². The molecule has 0 aromatic carbocycles. The Kier molecular flexibility index (Phi) is 48.9. The zero-order valence-corrected chi connectivity index (χ0v) is 76.7. The van der Waals surface area contributed by atoms with Gasteiger partial charge in [-0.1, -0.05) is 62.3 Å². The minimum Gasteiger partial charge on any atom is -0.743 e. The van der Waals surface area contributed by atoms with Crippen LogP contribution in [0.2, 0.25) is 0 Å². The van der Waals surface area contributed by atoms with E-state index in [0.717, 1.165) is 48.8 Å². The highest BCUT2D eigenvalue weighted by molar-refractivity contribution is 7.87. The molecule has 0 spiro atoms. The molecule has 0 heterocycles. The predicted molar refractivity (Wildman–Crippen MR) is 389 cm³/mol. The van der Waals surface area contributed by atoms with Gasteiger partial charge in [0.25, 0.3) is 0 Å². The highest BCUT2D eigenvalue weighted by atomic mass is 32.2. The molecule has 0 N–H and O–H groups in total. The van der Waals surface area contributed by atoms with Crippen LogP contribution in [0.5, 0.6) is 0 Å². The predicted octanol–water partition coefficient (Wildman–Crippen LogP) is 8.27. The van der Waals surface area contributed by atoms with E-state index in [1.807, 2.05) is 0 Å². The molecule has 0 fully saturated rings. The lowest BCUT2D eigenvalue weighted by molar-refractivity contribution is -0.254. The number of hydrogen-bond acceptors (Lipinski definition) is 40. The summed E-state index contributed by atoms with van der Waals surface area (Å²) in [6.45, 7) is 22.5. The maximum absolute atomic E-state index is 13.6. The van der Waals surface area contributed by atoms with Gasteiger partial charge >= 0.3 is 127 Å². The summed E-state index contributed by atoms with van der Waals surface area (Å²) >= 11 is 0. The smallest absolute Gasteiger partial charge is 0.396 e. The summed E-state index contributed by atoms with van der Waals surface area (Å²) in [5.74, 6) is -37.6. The van der Waals surface area contributed by atoms with E-state index in [-0.39, 0.29) is 13.0 Å². The van der Waals surface area contributed by atoms with Crippen LogP contribution in [-0.4, -0.2) is 257 Å². The number of carbonyl (C=O) groups is 10. The van der Waals surface area contributed by atoms with Crippen molar-refractivity contribution in [2.24, 2.45) is 29.1 Å². The highest BCUT2D eigenvalue weighted by Crippen LogP contribution is 2.43. The number of carbonyl (C=O) groups excluding carboxylic acids is 10. The summed E-state index contributed by atoms with van der Waals surface area (Å²) in [6.07, 6.45) is -2.34. The zero-order chi connectivity index (χ0) is 102. The van der Waals surface area contributed by atoms with Crippen LogP contribution in [0.25, 0.3) is 0 Å². The lowest BCUT2D eigenvalue weighted by atomic mass is 9.90. The van der Waals surface area contributed by atoms with E-state index in [9.17, 15) is 174 Å². The third-order valence-corrected chi connectivity index (χ3v) is 20.4. The Balaban J connectivity index is -0.000000486. The fraction of sp³-hybridized carbons (Fsp3) is 0.851. The van der Waals surface area contributed by atoms with Gasteiger partial charge < -0.3 is 93.8 Å². The summed E-state index contributed by atoms with van der Waals surface area (Å²) in [7, 11) is -29.6. The van der Waals surface area contributed by atoms with Crippen LogP contribution in [-0.2, 0) is 170 Å². The van der Waals surface area contributed by atoms with Gasteiger partial charge in [-0.2, -0.15) is 61.5 Å². The molecule has 40 nitrogen and oxygen atoms in total. The molecule has 0 radical (unpaired) electrons. The normalized spacial score (nSPS) is 16.4. The number of methoxy groups -OCH3 is 2. The van der Waals surface area contributed by atoms with Gasteiger partial charge in [0, 0.05) is 47.5 Å². The van der Waals surface area contributed by atoms with Crippen LogP contribution in [0, 0.1) is 29.1 Å². The van der Waals surface area contributed by atoms with Gasteiger partial charge in [-0.15, -0.1) is 0 Å². The van der Waals surface area contributed by atoms with Crippen molar-refractivity contribution in [3.8, 4) is 0 Å². The Morgan fingerprint density at radius 1 is 0.302 bits per heavy atom. The summed E-state index contributed by atoms with van der Waals surface area (Å²) in [5.41, 5.74) is -3.29. The van der Waals surface area contributed by atoms with Gasteiger partial charge in [-0.25, -0.2) is 66.1 Å². The quantitative estimate of drug-likeness (QED) is 0.0182. The maximum atomic E-state index is 13.6. The van der Waals surface area contributed by atoms with Crippen molar-refractivity contribution in [2.45, 2.75) is 282 Å². The van der Waals surface area contributed by atoms with Gasteiger partial charge in [0.15, 0.2) is 50.6 Å². The van der Waals surface area contributed by atoms with Crippen molar-refractivity contribution in [2.75, 3.05) is 53.9 Å². The summed E-state index contributed by atoms with van der Waals surface area (Å²) in [6, 6.07) is 0. The first kappa shape index (κ1) is 128. The second kappa shape index (κ2) is 48.3. The largest absolute Gasteiger partial charge is 0.743 e. The molecule has 0 saturated carbocycles. The SMILES string of the molecule is CCC(C)(C)C(=O)OC(C)(OCCC(F)(F)C(F)(F)S(=O)(=O)[O-])C(=O)OC(C)(C)C.CCC(C)C(=O)OC(C)(OCC(F)(F)S(=O)(=O)[O-])C(=O)OC.CCC(C)C(=O)OC(C)(OCC(F)(F)S(=O)(=O)[O-])C(=O)OC(C)(C)C.CCC(C)C(=O)OC(C)(OCCC(F)(F)C(F)(F)S(=O)(=O)[O-])C(=O)OC.CCOC(=O)C(C)(OCC(F)(F)S(=O)(=O)[O-])OC(=O)C(C)CC. The third kappa shape index (κ3) is 40.2. The Morgan fingerprint density at radius 3 is 0.706 bits per heavy atom. The molecule has 0 rings (SSSR count). The molecule has 9 unspecified atom stereocenters. The minimum atomic E-state index is -6.67. The molecule has 0 aromatic heterocycles. The molecule has 59 heteroatoms. The molecule has 0 saturated heterocycles. The Hall–Kier alpha value is -6.93. The van der Waals surface area contributed by atoms with Gasteiger partial charge in [0.2, 0.25) is 0 Å². The van der Waals surface area contributed by atoms with E-state index >= 15 is 0 Å². The lowest BCUT2D eigenvalue weighted by Gasteiger charge is -2.34. The van der Waals surface area contributed by atoms with Gasteiger partial charge in [0.05, 0.1) is 63.1 Å². The molecule has 126 heavy (non-hydrogen) atoms. The minimum absolute atomic E-state index is 0.172.